The lowest BCUT2D eigenvalue weighted by Crippen LogP contribution is -2.13. The Hall–Kier alpha value is -5.26. The molecule has 0 radical (unpaired) electrons. The van der Waals surface area contributed by atoms with E-state index in [1.54, 1.807) is 26.0 Å². The van der Waals surface area contributed by atoms with Gasteiger partial charge in [0.1, 0.15) is 23.3 Å². The molecule has 200 valence electrons. The van der Waals surface area contributed by atoms with E-state index in [-0.39, 0.29) is 40.1 Å². The number of halogens is 1. The number of nitrogens with zero attached hydrogens (tertiary/aromatic N) is 4. The van der Waals surface area contributed by atoms with E-state index < -0.39 is 11.7 Å². The average Bonchev–Trinajstić information content (AvgIpc) is 3.46. The van der Waals surface area contributed by atoms with Gasteiger partial charge in [-0.15, -0.1) is 0 Å². The van der Waals surface area contributed by atoms with E-state index in [2.05, 4.69) is 32.2 Å². The number of aromatic hydroxyl groups is 1. The van der Waals surface area contributed by atoms with Crippen LogP contribution in [0.4, 0.5) is 15.8 Å². The lowest BCUT2D eigenvalue weighted by molar-refractivity contribution is 0.102. The second kappa shape index (κ2) is 11.4. The molecular weight excluding hydrogens is 509 g/mol. The van der Waals surface area contributed by atoms with Crippen LogP contribution >= 0.6 is 0 Å². The highest BCUT2D eigenvalue weighted by Gasteiger charge is 2.21. The topological polar surface area (TPSA) is 141 Å². The van der Waals surface area contributed by atoms with Gasteiger partial charge in [-0.2, -0.15) is 0 Å². The molecule has 1 aromatic carbocycles. The molecule has 1 amide bonds. The fourth-order valence-electron chi connectivity index (χ4n) is 3.72. The number of amides is 1. The van der Waals surface area contributed by atoms with Crippen LogP contribution in [0.5, 0.6) is 23.1 Å². The molecule has 0 aliphatic heterocycles. The second-order valence-corrected chi connectivity index (χ2v) is 7.97. The van der Waals surface area contributed by atoms with E-state index in [4.69, 9.17) is 18.7 Å². The number of aromatic nitrogens is 3. The summed E-state index contributed by atoms with van der Waals surface area (Å²) >= 11 is 0. The Bertz CT molecular complexity index is 1570. The van der Waals surface area contributed by atoms with Gasteiger partial charge < -0.3 is 29.2 Å². The first kappa shape index (κ1) is 26.8. The lowest BCUT2D eigenvalue weighted by Gasteiger charge is -2.15. The molecule has 3 aromatic heterocycles. The number of methoxy groups -OCH3 is 2. The maximum atomic E-state index is 15.1. The van der Waals surface area contributed by atoms with Crippen LogP contribution in [0.25, 0.3) is 16.9 Å². The third kappa shape index (κ3) is 5.39. The van der Waals surface area contributed by atoms with Gasteiger partial charge >= 0.3 is 0 Å². The smallest absolute Gasteiger partial charge is 0.261 e. The molecule has 4 rings (SSSR count). The predicted molar refractivity (Wildman–Crippen MR) is 141 cm³/mol. The van der Waals surface area contributed by atoms with Crippen molar-refractivity contribution in [3.05, 3.63) is 71.8 Å². The number of hydrogen-bond acceptors (Lipinski definition) is 10. The Morgan fingerprint density at radius 3 is 2.62 bits per heavy atom. The number of nitrogens with one attached hydrogen (secondary N) is 1. The minimum atomic E-state index is -0.767. The van der Waals surface area contributed by atoms with E-state index >= 15 is 4.39 Å². The van der Waals surface area contributed by atoms with Gasteiger partial charge in [0, 0.05) is 35.3 Å². The predicted octanol–water partition coefficient (Wildman–Crippen LogP) is 5.33. The van der Waals surface area contributed by atoms with Crippen molar-refractivity contribution in [1.29, 1.82) is 0 Å². The van der Waals surface area contributed by atoms with Gasteiger partial charge in [-0.05, 0) is 38.8 Å². The number of aliphatic imine (C=N–C) groups is 1. The molecule has 3 heterocycles. The van der Waals surface area contributed by atoms with Crippen LogP contribution < -0.4 is 19.5 Å². The van der Waals surface area contributed by atoms with Gasteiger partial charge in [-0.25, -0.2) is 9.37 Å². The van der Waals surface area contributed by atoms with Crippen LogP contribution in [-0.4, -0.2) is 47.1 Å². The summed E-state index contributed by atoms with van der Waals surface area (Å²) in [5.41, 5.74) is 1.83. The van der Waals surface area contributed by atoms with Gasteiger partial charge in [-0.1, -0.05) is 5.16 Å². The third-order valence-electron chi connectivity index (χ3n) is 5.63. The largest absolute Gasteiger partial charge is 0.506 e. The minimum Gasteiger partial charge on any atom is -0.506 e. The van der Waals surface area contributed by atoms with Crippen molar-refractivity contribution in [1.82, 2.24) is 15.1 Å². The first-order valence-electron chi connectivity index (χ1n) is 11.4. The number of anilines is 1. The molecule has 0 aliphatic carbocycles. The Morgan fingerprint density at radius 1 is 1.21 bits per heavy atom. The van der Waals surface area contributed by atoms with Crippen molar-refractivity contribution in [2.75, 3.05) is 19.5 Å². The molecule has 39 heavy (non-hydrogen) atoms. The summed E-state index contributed by atoms with van der Waals surface area (Å²) in [4.78, 5) is 25.4. The fourth-order valence-corrected chi connectivity index (χ4v) is 3.72. The van der Waals surface area contributed by atoms with Gasteiger partial charge in [0.05, 0.1) is 31.7 Å². The number of benzene rings is 1. The quantitative estimate of drug-likeness (QED) is 0.216. The molecule has 11 nitrogen and oxygen atoms in total. The van der Waals surface area contributed by atoms with Gasteiger partial charge in [0.2, 0.25) is 0 Å². The Labute approximate surface area is 222 Å². The monoisotopic (exact) mass is 533 g/mol. The van der Waals surface area contributed by atoms with E-state index in [1.807, 2.05) is 0 Å². The summed E-state index contributed by atoms with van der Waals surface area (Å²) in [6.45, 7) is 6.90. The molecule has 12 heteroatoms. The van der Waals surface area contributed by atoms with Crippen molar-refractivity contribution < 1.29 is 33.0 Å². The van der Waals surface area contributed by atoms with Crippen LogP contribution in [0.15, 0.2) is 58.5 Å². The summed E-state index contributed by atoms with van der Waals surface area (Å²) in [7, 11) is 2.89. The number of ether oxygens (including phenoxy) is 3. The number of rotatable bonds is 9. The van der Waals surface area contributed by atoms with E-state index in [0.29, 0.717) is 28.3 Å². The van der Waals surface area contributed by atoms with Gasteiger partial charge in [0.25, 0.3) is 11.8 Å². The second-order valence-electron chi connectivity index (χ2n) is 7.97. The first-order chi connectivity index (χ1) is 18.8. The number of pyridine rings is 2. The molecule has 0 atom stereocenters. The van der Waals surface area contributed by atoms with Crippen LogP contribution in [0.2, 0.25) is 0 Å². The summed E-state index contributed by atoms with van der Waals surface area (Å²) < 4.78 is 36.2. The minimum absolute atomic E-state index is 0.113. The number of carbonyl (C=O) groups is 1. The molecule has 0 saturated carbocycles. The van der Waals surface area contributed by atoms with Gasteiger partial charge in [-0.3, -0.25) is 14.8 Å². The highest BCUT2D eigenvalue weighted by molar-refractivity contribution is 6.07. The molecule has 0 bridgehead atoms. The number of hydrogen-bond donors (Lipinski definition) is 2. The Balaban J connectivity index is 1.57. The third-order valence-corrected chi connectivity index (χ3v) is 5.63. The van der Waals surface area contributed by atoms with Crippen LogP contribution in [0.1, 0.15) is 28.7 Å². The maximum absolute atomic E-state index is 15.1. The normalized spacial score (nSPS) is 11.2. The molecule has 0 saturated heterocycles. The van der Waals surface area contributed by atoms with Crippen molar-refractivity contribution in [2.24, 2.45) is 4.99 Å². The van der Waals surface area contributed by atoms with Crippen LogP contribution in [0, 0.1) is 12.7 Å². The summed E-state index contributed by atoms with van der Waals surface area (Å²) in [5.74, 6) is -1.20. The van der Waals surface area contributed by atoms with Crippen molar-refractivity contribution in [3.8, 4) is 34.3 Å². The van der Waals surface area contributed by atoms with E-state index in [9.17, 15) is 9.90 Å². The van der Waals surface area contributed by atoms with Crippen molar-refractivity contribution in [2.45, 2.75) is 13.8 Å². The van der Waals surface area contributed by atoms with Gasteiger partial charge in [0.15, 0.2) is 23.1 Å². The Kier molecular flexibility index (Phi) is 7.85. The lowest BCUT2D eigenvalue weighted by atomic mass is 10.0. The summed E-state index contributed by atoms with van der Waals surface area (Å²) in [5, 5.41) is 16.9. The van der Waals surface area contributed by atoms with Crippen LogP contribution in [-0.2, 0) is 0 Å². The molecule has 4 aromatic rings. The number of carbonyl (C=O) groups excluding carboxylic acids is 1. The SMILES string of the molecule is C=Nc1cc(OC)c(OC)nc1/C(=C\C)Oc1ccc(NC(=O)c2cnc(C)c(-c3cnoc3)c2O)cc1F. The summed E-state index contributed by atoms with van der Waals surface area (Å²) in [6.07, 6.45) is 5.52. The first-order valence-corrected chi connectivity index (χ1v) is 11.4. The molecule has 0 spiro atoms. The van der Waals surface area contributed by atoms with Crippen LogP contribution in [0.3, 0.4) is 0 Å². The zero-order chi connectivity index (χ0) is 28.1. The zero-order valence-electron chi connectivity index (χ0n) is 21.5. The van der Waals surface area contributed by atoms with E-state index in [1.165, 1.54) is 45.0 Å². The highest BCUT2D eigenvalue weighted by Crippen LogP contribution is 2.37. The molecule has 0 unspecified atom stereocenters. The molecule has 2 N–H and O–H groups in total. The van der Waals surface area contributed by atoms with Crippen molar-refractivity contribution >= 4 is 29.8 Å². The maximum Gasteiger partial charge on any atom is 0.261 e. The molecule has 0 aliphatic rings. The standard InChI is InChI=1S/C27H24FN5O6/c1-6-20(24-19(29-3)10-22(36-4)27(33-24)37-5)39-21-8-7-16(9-18(21)28)32-26(35)17-12-30-14(2)23(25(17)34)15-11-31-38-13-15/h6-13H,3H2,1-2,4-5H3,(H,30,34)(H,32,35)/b20-6+. The average molecular weight is 534 g/mol. The number of allylic oxidation sites excluding steroid dienone is 1. The Morgan fingerprint density at radius 2 is 2.00 bits per heavy atom. The number of aryl methyl sites for hydroxylation is 1. The van der Waals surface area contributed by atoms with Crippen molar-refractivity contribution in [3.63, 3.8) is 0 Å². The molecular formula is C27H24FN5O6. The molecule has 0 fully saturated rings. The zero-order valence-corrected chi connectivity index (χ0v) is 21.5. The fraction of sp³-hybridized carbons (Fsp3) is 0.148. The highest BCUT2D eigenvalue weighted by atomic mass is 19.1. The summed E-state index contributed by atoms with van der Waals surface area (Å²) in [6, 6.07) is 5.43. The van der Waals surface area contributed by atoms with E-state index in [0.717, 1.165) is 6.07 Å².